The van der Waals surface area contributed by atoms with Gasteiger partial charge in [-0.1, -0.05) is 91.1 Å². The quantitative estimate of drug-likeness (QED) is 0.173. The van der Waals surface area contributed by atoms with Gasteiger partial charge in [0.25, 0.3) is 0 Å². The van der Waals surface area contributed by atoms with E-state index in [1.165, 1.54) is 12.1 Å². The molecule has 194 valence electrons. The monoisotopic (exact) mass is 545 g/mol. The van der Waals surface area contributed by atoms with Crippen molar-refractivity contribution < 1.29 is 18.3 Å². The molecule has 0 aliphatic heterocycles. The lowest BCUT2D eigenvalue weighted by Gasteiger charge is -2.24. The zero-order chi connectivity index (χ0) is 27.3. The van der Waals surface area contributed by atoms with Crippen molar-refractivity contribution in [3.63, 3.8) is 0 Å². The lowest BCUT2D eigenvalue weighted by molar-refractivity contribution is -0.136. The highest BCUT2D eigenvalue weighted by Gasteiger charge is 2.32. The van der Waals surface area contributed by atoms with Crippen LogP contribution < -0.4 is 16.8 Å². The molecule has 4 aromatic rings. The Bertz CT molecular complexity index is 1580. The zero-order valence-electron chi connectivity index (χ0n) is 20.4. The van der Waals surface area contributed by atoms with E-state index in [9.17, 15) is 18.3 Å². The average molecular weight is 546 g/mol. The molecule has 6 N–H and O–H groups in total. The van der Waals surface area contributed by atoms with Gasteiger partial charge >= 0.3 is 5.97 Å². The Kier molecular flexibility index (Phi) is 8.09. The lowest BCUT2D eigenvalue weighted by Crippen LogP contribution is -2.26. The summed E-state index contributed by atoms with van der Waals surface area (Å²) in [5, 5.41) is 12.7. The fourth-order valence-electron chi connectivity index (χ4n) is 4.37. The normalized spacial score (nSPS) is 11.2. The highest BCUT2D eigenvalue weighted by molar-refractivity contribution is 7.91. The maximum atomic E-state index is 13.9. The van der Waals surface area contributed by atoms with Crippen molar-refractivity contribution in [1.29, 1.82) is 0 Å². The Morgan fingerprint density at radius 3 is 1.97 bits per heavy atom. The van der Waals surface area contributed by atoms with E-state index in [4.69, 9.17) is 23.7 Å². The van der Waals surface area contributed by atoms with Crippen LogP contribution in [-0.4, -0.2) is 24.5 Å². The van der Waals surface area contributed by atoms with E-state index < -0.39 is 15.8 Å². The third-order valence-electron chi connectivity index (χ3n) is 6.13. The molecule has 0 saturated heterocycles. The number of aliphatic carboxylic acids is 1. The second-order valence-electron chi connectivity index (χ2n) is 8.63. The maximum Gasteiger partial charge on any atom is 0.303 e. The van der Waals surface area contributed by atoms with Crippen LogP contribution in [0.25, 0.3) is 11.1 Å². The number of hydrogen-bond acceptors (Lipinski definition) is 6. The smallest absolute Gasteiger partial charge is 0.303 e. The molecular formula is C29H27N3O4S2. The summed E-state index contributed by atoms with van der Waals surface area (Å²) < 4.78 is 27.7. The van der Waals surface area contributed by atoms with Crippen LogP contribution in [0.4, 0.5) is 11.4 Å². The van der Waals surface area contributed by atoms with Gasteiger partial charge in [0, 0.05) is 24.1 Å². The molecule has 0 saturated carbocycles. The number of nitrogen functional groups attached to an aromatic ring is 2. The summed E-state index contributed by atoms with van der Waals surface area (Å²) in [6, 6.07) is 26.4. The van der Waals surface area contributed by atoms with E-state index in [0.717, 1.165) is 5.56 Å². The molecule has 0 aromatic heterocycles. The van der Waals surface area contributed by atoms with Crippen molar-refractivity contribution in [3.05, 3.63) is 108 Å². The van der Waals surface area contributed by atoms with E-state index in [0.29, 0.717) is 23.2 Å². The number of thiocarbonyl (C=S) groups is 1. The van der Waals surface area contributed by atoms with E-state index >= 15 is 0 Å². The third-order valence-corrected chi connectivity index (χ3v) is 8.35. The fraction of sp³-hybridized carbons (Fsp3) is 0.103. The molecule has 0 aliphatic carbocycles. The predicted octanol–water partition coefficient (Wildman–Crippen LogP) is 4.83. The number of nitrogens with two attached hydrogens (primary N) is 2. The van der Waals surface area contributed by atoms with Crippen LogP contribution in [0.5, 0.6) is 0 Å². The molecule has 0 radical (unpaired) electrons. The van der Waals surface area contributed by atoms with Crippen molar-refractivity contribution in [1.82, 2.24) is 5.32 Å². The molecule has 0 bridgehead atoms. The number of carboxylic acid groups (broad SMARTS) is 1. The van der Waals surface area contributed by atoms with Crippen LogP contribution >= 0.6 is 12.2 Å². The number of carboxylic acids is 1. The summed E-state index contributed by atoms with van der Waals surface area (Å²) in [7, 11) is -4.16. The van der Waals surface area contributed by atoms with Gasteiger partial charge < -0.3 is 21.9 Å². The second-order valence-corrected chi connectivity index (χ2v) is 10.9. The SMILES string of the molecule is Nc1c(C(=S)NCc2ccccc2)c(CCC(=O)O)c(-c2ccccc2)c(N)c1S(=O)(=O)c1ccccc1. The number of sulfone groups is 1. The van der Waals surface area contributed by atoms with Crippen LogP contribution in [0, 0.1) is 0 Å². The van der Waals surface area contributed by atoms with Crippen molar-refractivity contribution >= 4 is 44.4 Å². The molecule has 0 spiro atoms. The molecule has 7 nitrogen and oxygen atoms in total. The Morgan fingerprint density at radius 1 is 0.842 bits per heavy atom. The molecule has 0 atom stereocenters. The Hall–Kier alpha value is -4.21. The summed E-state index contributed by atoms with van der Waals surface area (Å²) in [6.07, 6.45) is -0.181. The molecule has 0 heterocycles. The van der Waals surface area contributed by atoms with E-state index in [1.54, 1.807) is 42.5 Å². The summed E-state index contributed by atoms with van der Waals surface area (Å²) in [5.74, 6) is -1.02. The van der Waals surface area contributed by atoms with Crippen molar-refractivity contribution in [2.45, 2.75) is 29.2 Å². The Balaban J connectivity index is 2.00. The first-order valence-electron chi connectivity index (χ1n) is 11.8. The third kappa shape index (κ3) is 5.53. The van der Waals surface area contributed by atoms with E-state index in [-0.39, 0.29) is 44.6 Å². The minimum atomic E-state index is -4.16. The van der Waals surface area contributed by atoms with Crippen molar-refractivity contribution in [3.8, 4) is 11.1 Å². The zero-order valence-corrected chi connectivity index (χ0v) is 22.1. The topological polar surface area (TPSA) is 136 Å². The number of carbonyl (C=O) groups is 1. The summed E-state index contributed by atoms with van der Waals surface area (Å²) >= 11 is 5.75. The minimum absolute atomic E-state index is 0.0322. The van der Waals surface area contributed by atoms with Crippen molar-refractivity contribution in [2.75, 3.05) is 11.5 Å². The number of rotatable bonds is 9. The minimum Gasteiger partial charge on any atom is -0.481 e. The number of benzene rings is 4. The van der Waals surface area contributed by atoms with Crippen LogP contribution in [0.15, 0.2) is 101 Å². The van der Waals surface area contributed by atoms with Gasteiger partial charge in [0.15, 0.2) is 0 Å². The van der Waals surface area contributed by atoms with Crippen LogP contribution in [0.1, 0.15) is 23.1 Å². The van der Waals surface area contributed by atoms with Gasteiger partial charge in [-0.15, -0.1) is 0 Å². The summed E-state index contributed by atoms with van der Waals surface area (Å²) in [6.45, 7) is 0.364. The Morgan fingerprint density at radius 2 is 1.39 bits per heavy atom. The number of hydrogen-bond donors (Lipinski definition) is 4. The molecule has 0 amide bonds. The van der Waals surface area contributed by atoms with Crippen LogP contribution in [0.2, 0.25) is 0 Å². The maximum absolute atomic E-state index is 13.9. The highest BCUT2D eigenvalue weighted by Crippen LogP contribution is 2.44. The lowest BCUT2D eigenvalue weighted by atomic mass is 9.89. The van der Waals surface area contributed by atoms with Gasteiger partial charge in [-0.05, 0) is 35.2 Å². The summed E-state index contributed by atoms with van der Waals surface area (Å²) in [4.78, 5) is 11.6. The van der Waals surface area contributed by atoms with Crippen LogP contribution in [0.3, 0.4) is 0 Å². The molecule has 4 rings (SSSR count). The number of anilines is 2. The second kappa shape index (κ2) is 11.5. The predicted molar refractivity (Wildman–Crippen MR) is 154 cm³/mol. The fourth-order valence-corrected chi connectivity index (χ4v) is 6.21. The number of nitrogens with one attached hydrogen (secondary N) is 1. The average Bonchev–Trinajstić information content (AvgIpc) is 2.92. The summed E-state index contributed by atoms with van der Waals surface area (Å²) in [5.41, 5.74) is 15.8. The van der Waals surface area contributed by atoms with Gasteiger partial charge in [-0.25, -0.2) is 8.42 Å². The van der Waals surface area contributed by atoms with Crippen LogP contribution in [-0.2, 0) is 27.6 Å². The van der Waals surface area contributed by atoms with Gasteiger partial charge in [-0.3, -0.25) is 4.79 Å². The Labute approximate surface area is 227 Å². The van der Waals surface area contributed by atoms with E-state index in [2.05, 4.69) is 5.32 Å². The van der Waals surface area contributed by atoms with Gasteiger partial charge in [-0.2, -0.15) is 0 Å². The standard InChI is InChI=1S/C29H27N3O4S2/c30-26-24(20-12-6-2-7-13-20)22(16-17-23(33)34)25(29(37)32-18-19-10-4-1-5-11-19)27(31)28(26)38(35,36)21-14-8-3-9-15-21/h1-15H,16-18,30-31H2,(H,32,37)(H,33,34). The molecule has 0 aliphatic rings. The molecule has 38 heavy (non-hydrogen) atoms. The molecule has 4 aromatic carbocycles. The molecule has 0 fully saturated rings. The van der Waals surface area contributed by atoms with Gasteiger partial charge in [0.1, 0.15) is 9.88 Å². The first kappa shape index (κ1) is 26.8. The highest BCUT2D eigenvalue weighted by atomic mass is 32.2. The first-order valence-corrected chi connectivity index (χ1v) is 13.7. The molecule has 0 unspecified atom stereocenters. The van der Waals surface area contributed by atoms with Gasteiger partial charge in [0.2, 0.25) is 9.84 Å². The molecule has 9 heteroatoms. The van der Waals surface area contributed by atoms with Gasteiger partial charge in [0.05, 0.1) is 16.3 Å². The molecular weight excluding hydrogens is 518 g/mol. The first-order chi connectivity index (χ1) is 18.2. The van der Waals surface area contributed by atoms with Crippen molar-refractivity contribution in [2.24, 2.45) is 0 Å². The largest absolute Gasteiger partial charge is 0.481 e. The van der Waals surface area contributed by atoms with E-state index in [1.807, 2.05) is 36.4 Å².